The fourth-order valence-corrected chi connectivity index (χ4v) is 1.83. The van der Waals surface area contributed by atoms with E-state index in [2.05, 4.69) is 5.92 Å². The maximum absolute atomic E-state index is 11.5. The van der Waals surface area contributed by atoms with Crippen molar-refractivity contribution in [1.29, 1.82) is 0 Å². The summed E-state index contributed by atoms with van der Waals surface area (Å²) in [5.41, 5.74) is 2.10. The highest BCUT2D eigenvalue weighted by Crippen LogP contribution is 2.21. The first-order valence-electron chi connectivity index (χ1n) is 5.14. The van der Waals surface area contributed by atoms with Crippen molar-refractivity contribution in [2.75, 3.05) is 11.4 Å². The lowest BCUT2D eigenvalue weighted by Gasteiger charge is -2.15. The molecule has 2 nitrogen and oxygen atoms in total. The number of nitrogens with zero attached hydrogens (tertiary/aromatic N) is 1. The lowest BCUT2D eigenvalue weighted by atomic mass is 10.1. The van der Waals surface area contributed by atoms with Gasteiger partial charge in [-0.05, 0) is 24.1 Å². The summed E-state index contributed by atoms with van der Waals surface area (Å²) < 4.78 is 0. The van der Waals surface area contributed by atoms with E-state index in [9.17, 15) is 4.79 Å². The Bertz CT molecular complexity index is 400. The lowest BCUT2D eigenvalue weighted by molar-refractivity contribution is -0.117. The van der Waals surface area contributed by atoms with Crippen LogP contribution in [-0.2, 0) is 11.2 Å². The summed E-state index contributed by atoms with van der Waals surface area (Å²) in [6.07, 6.45) is 7.51. The van der Waals surface area contributed by atoms with E-state index >= 15 is 0 Å². The van der Waals surface area contributed by atoms with Crippen LogP contribution in [-0.4, -0.2) is 12.5 Å². The van der Waals surface area contributed by atoms with Gasteiger partial charge < -0.3 is 4.90 Å². The van der Waals surface area contributed by atoms with Crippen molar-refractivity contribution in [3.05, 3.63) is 29.8 Å². The van der Waals surface area contributed by atoms with Crippen molar-refractivity contribution in [2.24, 2.45) is 0 Å². The molecule has 0 N–H and O–H groups in total. The molecular weight excluding hydrogens is 186 g/mol. The molecule has 0 aromatic heterocycles. The molecule has 1 amide bonds. The van der Waals surface area contributed by atoms with Gasteiger partial charge in [-0.2, -0.15) is 0 Å². The number of hydrogen-bond donors (Lipinski definition) is 0. The SMILES string of the molecule is C#CCc1ccc(N2CCCC2=O)cc1. The van der Waals surface area contributed by atoms with Crippen LogP contribution in [0, 0.1) is 12.3 Å². The summed E-state index contributed by atoms with van der Waals surface area (Å²) in [7, 11) is 0. The standard InChI is InChI=1S/C13H13NO/c1-2-4-11-6-8-12(9-7-11)14-10-3-5-13(14)15/h1,6-9H,3-5,10H2. The molecule has 0 aliphatic carbocycles. The highest BCUT2D eigenvalue weighted by atomic mass is 16.2. The van der Waals surface area contributed by atoms with Crippen LogP contribution >= 0.6 is 0 Å². The van der Waals surface area contributed by atoms with Gasteiger partial charge in [0.2, 0.25) is 5.91 Å². The van der Waals surface area contributed by atoms with Crippen LogP contribution < -0.4 is 4.90 Å². The van der Waals surface area contributed by atoms with Crippen LogP contribution in [0.25, 0.3) is 0 Å². The minimum absolute atomic E-state index is 0.222. The second-order valence-corrected chi connectivity index (χ2v) is 3.70. The van der Waals surface area contributed by atoms with Gasteiger partial charge in [0, 0.05) is 25.1 Å². The first-order chi connectivity index (χ1) is 7.31. The third-order valence-corrected chi connectivity index (χ3v) is 2.63. The van der Waals surface area contributed by atoms with Crippen molar-refractivity contribution in [3.63, 3.8) is 0 Å². The maximum atomic E-state index is 11.5. The molecule has 1 fully saturated rings. The van der Waals surface area contributed by atoms with E-state index in [-0.39, 0.29) is 5.91 Å². The van der Waals surface area contributed by atoms with Crippen molar-refractivity contribution in [2.45, 2.75) is 19.3 Å². The van der Waals surface area contributed by atoms with Crippen molar-refractivity contribution < 1.29 is 4.79 Å². The molecule has 0 spiro atoms. The van der Waals surface area contributed by atoms with Crippen LogP contribution in [0.15, 0.2) is 24.3 Å². The average Bonchev–Trinajstić information content (AvgIpc) is 2.66. The zero-order valence-corrected chi connectivity index (χ0v) is 8.57. The average molecular weight is 199 g/mol. The fourth-order valence-electron chi connectivity index (χ4n) is 1.83. The smallest absolute Gasteiger partial charge is 0.227 e. The molecule has 1 aliphatic heterocycles. The first-order valence-corrected chi connectivity index (χ1v) is 5.14. The van der Waals surface area contributed by atoms with Gasteiger partial charge in [0.15, 0.2) is 0 Å². The first kappa shape index (κ1) is 9.79. The van der Waals surface area contributed by atoms with E-state index < -0.39 is 0 Å². The molecule has 15 heavy (non-hydrogen) atoms. The highest BCUT2D eigenvalue weighted by Gasteiger charge is 2.21. The normalized spacial score (nSPS) is 15.4. The Labute approximate surface area is 89.9 Å². The fraction of sp³-hybridized carbons (Fsp3) is 0.308. The summed E-state index contributed by atoms with van der Waals surface area (Å²) in [6.45, 7) is 0.841. The molecule has 2 heteroatoms. The zero-order valence-electron chi connectivity index (χ0n) is 8.57. The Kier molecular flexibility index (Phi) is 2.73. The summed E-state index contributed by atoms with van der Waals surface area (Å²) >= 11 is 0. The molecule has 1 aliphatic rings. The van der Waals surface area contributed by atoms with Crippen LogP contribution in [0.3, 0.4) is 0 Å². The Morgan fingerprint density at radius 2 is 2.07 bits per heavy atom. The van der Waals surface area contributed by atoms with Gasteiger partial charge in [0.25, 0.3) is 0 Å². The monoisotopic (exact) mass is 199 g/mol. The van der Waals surface area contributed by atoms with E-state index in [0.29, 0.717) is 12.8 Å². The highest BCUT2D eigenvalue weighted by molar-refractivity contribution is 5.95. The molecule has 0 bridgehead atoms. The molecule has 1 heterocycles. The Morgan fingerprint density at radius 1 is 1.33 bits per heavy atom. The molecule has 1 aromatic carbocycles. The predicted molar refractivity (Wildman–Crippen MR) is 60.6 cm³/mol. The number of benzene rings is 1. The zero-order chi connectivity index (χ0) is 10.7. The van der Waals surface area contributed by atoms with Gasteiger partial charge in [-0.25, -0.2) is 0 Å². The van der Waals surface area contributed by atoms with Gasteiger partial charge >= 0.3 is 0 Å². The second-order valence-electron chi connectivity index (χ2n) is 3.70. The van der Waals surface area contributed by atoms with E-state index in [0.717, 1.165) is 24.2 Å². The quantitative estimate of drug-likeness (QED) is 0.667. The molecule has 0 atom stereocenters. The number of rotatable bonds is 2. The number of hydrogen-bond acceptors (Lipinski definition) is 1. The third kappa shape index (κ3) is 2.02. The van der Waals surface area contributed by atoms with E-state index in [4.69, 9.17) is 6.42 Å². The van der Waals surface area contributed by atoms with Crippen LogP contribution in [0.5, 0.6) is 0 Å². The van der Waals surface area contributed by atoms with E-state index in [1.807, 2.05) is 29.2 Å². The van der Waals surface area contributed by atoms with Gasteiger partial charge in [-0.3, -0.25) is 4.79 Å². The van der Waals surface area contributed by atoms with Gasteiger partial charge in [-0.15, -0.1) is 12.3 Å². The molecule has 2 rings (SSSR count). The minimum Gasteiger partial charge on any atom is -0.312 e. The summed E-state index contributed by atoms with van der Waals surface area (Å²) in [4.78, 5) is 13.3. The summed E-state index contributed by atoms with van der Waals surface area (Å²) in [5, 5.41) is 0. The second kappa shape index (κ2) is 4.18. The van der Waals surface area contributed by atoms with E-state index in [1.54, 1.807) is 0 Å². The molecule has 0 radical (unpaired) electrons. The third-order valence-electron chi connectivity index (χ3n) is 2.63. The van der Waals surface area contributed by atoms with Gasteiger partial charge in [-0.1, -0.05) is 12.1 Å². The molecule has 1 saturated heterocycles. The molecular formula is C13H13NO. The van der Waals surface area contributed by atoms with E-state index in [1.165, 1.54) is 0 Å². The summed E-state index contributed by atoms with van der Waals surface area (Å²) in [6, 6.07) is 7.91. The molecule has 1 aromatic rings. The lowest BCUT2D eigenvalue weighted by Crippen LogP contribution is -2.23. The van der Waals surface area contributed by atoms with Crippen molar-refractivity contribution in [1.82, 2.24) is 0 Å². The van der Waals surface area contributed by atoms with Gasteiger partial charge in [0.05, 0.1) is 0 Å². The maximum Gasteiger partial charge on any atom is 0.227 e. The van der Waals surface area contributed by atoms with Crippen LogP contribution in [0.4, 0.5) is 5.69 Å². The number of carbonyl (C=O) groups is 1. The topological polar surface area (TPSA) is 20.3 Å². The Balaban J connectivity index is 2.16. The van der Waals surface area contributed by atoms with Gasteiger partial charge in [0.1, 0.15) is 0 Å². The van der Waals surface area contributed by atoms with Crippen molar-refractivity contribution in [3.8, 4) is 12.3 Å². The van der Waals surface area contributed by atoms with Crippen LogP contribution in [0.1, 0.15) is 18.4 Å². The predicted octanol–water partition coefficient (Wildman–Crippen LogP) is 1.99. The molecule has 76 valence electrons. The molecule has 0 unspecified atom stereocenters. The summed E-state index contributed by atoms with van der Waals surface area (Å²) in [5.74, 6) is 2.82. The Hall–Kier alpha value is -1.75. The number of terminal acetylenes is 1. The number of carbonyl (C=O) groups excluding carboxylic acids is 1. The Morgan fingerprint density at radius 3 is 2.60 bits per heavy atom. The number of amides is 1. The number of anilines is 1. The van der Waals surface area contributed by atoms with Crippen molar-refractivity contribution >= 4 is 11.6 Å². The largest absolute Gasteiger partial charge is 0.312 e. The van der Waals surface area contributed by atoms with Crippen LogP contribution in [0.2, 0.25) is 0 Å². The molecule has 0 saturated carbocycles. The minimum atomic E-state index is 0.222.